The standard InChI is InChI=1S/C21H15BrN4O5/c22-19-10-9-17(31-19)13-23-25-21(28)18(24-20(27)15-6-2-1-3-7-15)12-14-5-4-8-16(11-14)26(29)30/h1-13H,(H,24,27)(H,25,28). The molecule has 0 bridgehead atoms. The number of hydrogen-bond acceptors (Lipinski definition) is 6. The quantitative estimate of drug-likeness (QED) is 0.228. The molecule has 0 aliphatic carbocycles. The summed E-state index contributed by atoms with van der Waals surface area (Å²) < 4.78 is 5.75. The Morgan fingerprint density at radius 3 is 2.52 bits per heavy atom. The molecule has 0 atom stereocenters. The number of benzene rings is 2. The van der Waals surface area contributed by atoms with Gasteiger partial charge in [-0.2, -0.15) is 5.10 Å². The van der Waals surface area contributed by atoms with Crippen LogP contribution in [0.1, 0.15) is 21.7 Å². The van der Waals surface area contributed by atoms with Crippen LogP contribution in [-0.4, -0.2) is 23.0 Å². The van der Waals surface area contributed by atoms with Crippen LogP contribution in [0.15, 0.2) is 86.6 Å². The molecule has 10 heteroatoms. The first-order chi connectivity index (χ1) is 14.9. The summed E-state index contributed by atoms with van der Waals surface area (Å²) in [6, 6.07) is 17.3. The fourth-order valence-electron chi connectivity index (χ4n) is 2.45. The van der Waals surface area contributed by atoms with Crippen molar-refractivity contribution in [2.24, 2.45) is 5.10 Å². The number of halogens is 1. The van der Waals surface area contributed by atoms with E-state index in [1.54, 1.807) is 48.5 Å². The van der Waals surface area contributed by atoms with Crippen molar-refractivity contribution in [2.75, 3.05) is 0 Å². The Hall–Kier alpha value is -4.05. The number of hydrazone groups is 1. The highest BCUT2D eigenvalue weighted by molar-refractivity contribution is 9.10. The second-order valence-corrected chi connectivity index (χ2v) is 6.85. The normalized spacial score (nSPS) is 11.3. The van der Waals surface area contributed by atoms with Crippen molar-refractivity contribution in [3.8, 4) is 0 Å². The highest BCUT2D eigenvalue weighted by Crippen LogP contribution is 2.16. The van der Waals surface area contributed by atoms with Crippen molar-refractivity contribution >= 4 is 45.7 Å². The molecule has 2 amide bonds. The zero-order valence-corrected chi connectivity index (χ0v) is 17.4. The van der Waals surface area contributed by atoms with Gasteiger partial charge in [-0.15, -0.1) is 0 Å². The van der Waals surface area contributed by atoms with Gasteiger partial charge in [0.05, 0.1) is 11.1 Å². The fraction of sp³-hybridized carbons (Fsp3) is 0. The summed E-state index contributed by atoms with van der Waals surface area (Å²) in [6.07, 6.45) is 2.61. The van der Waals surface area contributed by atoms with E-state index in [4.69, 9.17) is 4.42 Å². The summed E-state index contributed by atoms with van der Waals surface area (Å²) in [6.45, 7) is 0. The van der Waals surface area contributed by atoms with E-state index in [9.17, 15) is 19.7 Å². The first-order valence-electron chi connectivity index (χ1n) is 8.83. The minimum absolute atomic E-state index is 0.146. The molecular weight excluding hydrogens is 468 g/mol. The number of non-ortho nitro benzene ring substituents is 1. The lowest BCUT2D eigenvalue weighted by Crippen LogP contribution is -2.32. The molecule has 0 fully saturated rings. The van der Waals surface area contributed by atoms with Gasteiger partial charge in [-0.3, -0.25) is 19.7 Å². The van der Waals surface area contributed by atoms with Gasteiger partial charge in [0, 0.05) is 17.7 Å². The summed E-state index contributed by atoms with van der Waals surface area (Å²) in [7, 11) is 0. The second-order valence-electron chi connectivity index (χ2n) is 6.07. The van der Waals surface area contributed by atoms with E-state index in [0.717, 1.165) is 0 Å². The summed E-state index contributed by atoms with van der Waals surface area (Å²) in [5, 5.41) is 17.3. The van der Waals surface area contributed by atoms with Crippen molar-refractivity contribution in [2.45, 2.75) is 0 Å². The predicted molar refractivity (Wildman–Crippen MR) is 117 cm³/mol. The second kappa shape index (κ2) is 10.1. The maximum absolute atomic E-state index is 12.6. The number of amides is 2. The van der Waals surface area contributed by atoms with Crippen LogP contribution in [0.25, 0.3) is 6.08 Å². The maximum Gasteiger partial charge on any atom is 0.287 e. The highest BCUT2D eigenvalue weighted by atomic mass is 79.9. The third kappa shape index (κ3) is 6.21. The van der Waals surface area contributed by atoms with Gasteiger partial charge in [-0.05, 0) is 51.8 Å². The highest BCUT2D eigenvalue weighted by Gasteiger charge is 2.15. The molecule has 2 aromatic carbocycles. The number of hydrogen-bond donors (Lipinski definition) is 2. The van der Waals surface area contributed by atoms with Crippen molar-refractivity contribution in [3.63, 3.8) is 0 Å². The smallest absolute Gasteiger partial charge is 0.287 e. The van der Waals surface area contributed by atoms with Crippen molar-refractivity contribution in [3.05, 3.63) is 104 Å². The van der Waals surface area contributed by atoms with Crippen molar-refractivity contribution in [1.29, 1.82) is 0 Å². The molecule has 0 aliphatic rings. The average Bonchev–Trinajstić information content (AvgIpc) is 3.19. The van der Waals surface area contributed by atoms with E-state index in [1.807, 2.05) is 0 Å². The Balaban J connectivity index is 1.84. The number of nitrogens with one attached hydrogen (secondary N) is 2. The summed E-state index contributed by atoms with van der Waals surface area (Å²) in [5.41, 5.74) is 2.69. The van der Waals surface area contributed by atoms with E-state index < -0.39 is 16.7 Å². The van der Waals surface area contributed by atoms with Crippen LogP contribution in [0.4, 0.5) is 5.69 Å². The molecule has 2 N–H and O–H groups in total. The molecule has 31 heavy (non-hydrogen) atoms. The fourth-order valence-corrected chi connectivity index (χ4v) is 2.77. The molecule has 0 saturated heterocycles. The summed E-state index contributed by atoms with van der Waals surface area (Å²) in [4.78, 5) is 35.6. The molecule has 0 aliphatic heterocycles. The summed E-state index contributed by atoms with van der Waals surface area (Å²) >= 11 is 3.16. The van der Waals surface area contributed by atoms with Crippen LogP contribution < -0.4 is 10.7 Å². The van der Waals surface area contributed by atoms with Gasteiger partial charge >= 0.3 is 0 Å². The molecule has 156 valence electrons. The monoisotopic (exact) mass is 482 g/mol. The van der Waals surface area contributed by atoms with E-state index in [2.05, 4.69) is 31.8 Å². The number of nitro benzene ring substituents is 1. The number of rotatable bonds is 7. The number of nitro groups is 1. The van der Waals surface area contributed by atoms with E-state index in [0.29, 0.717) is 21.6 Å². The van der Waals surface area contributed by atoms with E-state index >= 15 is 0 Å². The number of carbonyl (C=O) groups is 2. The lowest BCUT2D eigenvalue weighted by atomic mass is 10.1. The molecule has 3 aromatic rings. The molecule has 1 aromatic heterocycles. The maximum atomic E-state index is 12.6. The summed E-state index contributed by atoms with van der Waals surface area (Å²) in [5.74, 6) is -0.853. The number of carbonyl (C=O) groups excluding carboxylic acids is 2. The van der Waals surface area contributed by atoms with Crippen LogP contribution in [0.3, 0.4) is 0 Å². The Kier molecular flexibility index (Phi) is 7.07. The van der Waals surface area contributed by atoms with Crippen LogP contribution in [0.2, 0.25) is 0 Å². The van der Waals surface area contributed by atoms with E-state index in [-0.39, 0.29) is 11.4 Å². The minimum Gasteiger partial charge on any atom is -0.448 e. The van der Waals surface area contributed by atoms with Gasteiger partial charge < -0.3 is 9.73 Å². The molecule has 1 heterocycles. The predicted octanol–water partition coefficient (Wildman–Crippen LogP) is 3.87. The van der Waals surface area contributed by atoms with Gasteiger partial charge in [-0.1, -0.05) is 30.3 Å². The van der Waals surface area contributed by atoms with Crippen molar-refractivity contribution < 1.29 is 18.9 Å². The Morgan fingerprint density at radius 1 is 1.06 bits per heavy atom. The third-order valence-corrected chi connectivity index (χ3v) is 4.30. The molecule has 3 rings (SSSR count). The third-order valence-electron chi connectivity index (χ3n) is 3.87. The molecular formula is C21H15BrN4O5. The Bertz CT molecular complexity index is 1170. The van der Waals surface area contributed by atoms with Gasteiger partial charge in [0.15, 0.2) is 4.67 Å². The SMILES string of the molecule is O=C(NN=Cc1ccc(Br)o1)C(=Cc1cccc([N+](=O)[O-])c1)NC(=O)c1ccccc1. The molecule has 0 saturated carbocycles. The number of furan rings is 1. The Morgan fingerprint density at radius 2 is 1.84 bits per heavy atom. The van der Waals surface area contributed by atoms with Crippen LogP contribution >= 0.6 is 15.9 Å². The van der Waals surface area contributed by atoms with Gasteiger partial charge in [0.25, 0.3) is 17.5 Å². The topological polar surface area (TPSA) is 127 Å². The van der Waals surface area contributed by atoms with Crippen molar-refractivity contribution in [1.82, 2.24) is 10.7 Å². The van der Waals surface area contributed by atoms with Crippen LogP contribution in [0.5, 0.6) is 0 Å². The average molecular weight is 483 g/mol. The number of nitrogens with zero attached hydrogens (tertiary/aromatic N) is 2. The van der Waals surface area contributed by atoms with Crippen LogP contribution in [-0.2, 0) is 4.79 Å². The van der Waals surface area contributed by atoms with Gasteiger partial charge in [0.2, 0.25) is 0 Å². The molecule has 0 spiro atoms. The Labute approximate surface area is 184 Å². The molecule has 0 radical (unpaired) electrons. The minimum atomic E-state index is -0.724. The zero-order chi connectivity index (χ0) is 22.2. The zero-order valence-electron chi connectivity index (χ0n) is 15.8. The molecule has 0 unspecified atom stereocenters. The van der Waals surface area contributed by atoms with Gasteiger partial charge in [0.1, 0.15) is 11.5 Å². The first kappa shape index (κ1) is 21.7. The lowest BCUT2D eigenvalue weighted by Gasteiger charge is -2.09. The van der Waals surface area contributed by atoms with Gasteiger partial charge in [-0.25, -0.2) is 5.43 Å². The lowest BCUT2D eigenvalue weighted by molar-refractivity contribution is -0.384. The van der Waals surface area contributed by atoms with E-state index in [1.165, 1.54) is 30.5 Å². The molecule has 9 nitrogen and oxygen atoms in total. The van der Waals surface area contributed by atoms with Crippen LogP contribution in [0, 0.1) is 10.1 Å². The first-order valence-corrected chi connectivity index (χ1v) is 9.63. The largest absolute Gasteiger partial charge is 0.448 e.